The highest BCUT2D eigenvalue weighted by molar-refractivity contribution is 7.92. The molecule has 142 valence electrons. The van der Waals surface area contributed by atoms with Gasteiger partial charge in [0.1, 0.15) is 5.82 Å². The van der Waals surface area contributed by atoms with E-state index >= 15 is 0 Å². The molecule has 0 aliphatic carbocycles. The van der Waals surface area contributed by atoms with E-state index in [0.29, 0.717) is 30.5 Å². The third kappa shape index (κ3) is 3.76. The summed E-state index contributed by atoms with van der Waals surface area (Å²) in [4.78, 5) is 15.8. The van der Waals surface area contributed by atoms with Gasteiger partial charge in [-0.2, -0.15) is 9.46 Å². The van der Waals surface area contributed by atoms with Crippen molar-refractivity contribution in [2.45, 2.75) is 13.0 Å². The summed E-state index contributed by atoms with van der Waals surface area (Å²) in [5, 5.41) is 7.73. The van der Waals surface area contributed by atoms with Crippen molar-refractivity contribution in [2.24, 2.45) is 4.36 Å². The summed E-state index contributed by atoms with van der Waals surface area (Å²) in [6, 6.07) is 3.80. The van der Waals surface area contributed by atoms with Crippen molar-refractivity contribution in [3.05, 3.63) is 24.5 Å². The van der Waals surface area contributed by atoms with Crippen LogP contribution < -0.4 is 4.90 Å². The lowest BCUT2D eigenvalue weighted by atomic mass is 10.2. The smallest absolute Gasteiger partial charge is 0.167 e. The number of rotatable bonds is 3. The van der Waals surface area contributed by atoms with Gasteiger partial charge in [0.15, 0.2) is 17.3 Å². The fourth-order valence-corrected chi connectivity index (χ4v) is 3.62. The number of anilines is 1. The second-order valence-corrected chi connectivity index (χ2v) is 9.33. The molecule has 0 spiro atoms. The molecule has 1 N–H and O–H groups in total. The maximum Gasteiger partial charge on any atom is 0.167 e. The van der Waals surface area contributed by atoms with Crippen molar-refractivity contribution in [2.75, 3.05) is 37.2 Å². The van der Waals surface area contributed by atoms with Crippen LogP contribution in [0.4, 0.5) is 11.6 Å². The quantitative estimate of drug-likeness (QED) is 0.732. The van der Waals surface area contributed by atoms with Gasteiger partial charge in [-0.05, 0) is 13.0 Å². The van der Waals surface area contributed by atoms with Gasteiger partial charge in [0.25, 0.3) is 0 Å². The van der Waals surface area contributed by atoms with Crippen LogP contribution in [0.3, 0.4) is 0 Å². The number of morpholine rings is 1. The Morgan fingerprint density at radius 1 is 1.37 bits per heavy atom. The van der Waals surface area contributed by atoms with Crippen molar-refractivity contribution in [3.63, 3.8) is 0 Å². The Bertz CT molecular complexity index is 1100. The van der Waals surface area contributed by atoms with Gasteiger partial charge in [0.05, 0.1) is 25.5 Å². The Balaban J connectivity index is 1.91. The summed E-state index contributed by atoms with van der Waals surface area (Å²) in [5.74, 6) is 1.64. The van der Waals surface area contributed by atoms with Crippen LogP contribution in [0.25, 0.3) is 22.4 Å². The summed E-state index contributed by atoms with van der Waals surface area (Å²) in [5.41, 5.74) is 1.46. The molecule has 0 bridgehead atoms. The standard InChI is InChI=1S/C17H21N7O2S/c1-11-10-26-7-6-24(11)15-8-14(23-27(2,3)25)20-17(21-15)12-4-5-18-16-13(12)9-19-22-16/h4-5,8-9,11H,6-7,10H2,1-3H3,(H,18,19,22). The van der Waals surface area contributed by atoms with Gasteiger partial charge >= 0.3 is 0 Å². The number of hydrogen-bond donors (Lipinski definition) is 1. The largest absolute Gasteiger partial charge is 0.377 e. The van der Waals surface area contributed by atoms with E-state index in [9.17, 15) is 4.21 Å². The molecule has 0 saturated carbocycles. The highest BCUT2D eigenvalue weighted by atomic mass is 32.2. The van der Waals surface area contributed by atoms with Crippen molar-refractivity contribution in [1.29, 1.82) is 0 Å². The minimum absolute atomic E-state index is 0.174. The average Bonchev–Trinajstić information content (AvgIpc) is 3.09. The van der Waals surface area contributed by atoms with Crippen LogP contribution in [0.1, 0.15) is 6.92 Å². The number of H-pyrrole nitrogens is 1. The third-order valence-corrected chi connectivity index (χ3v) is 4.90. The van der Waals surface area contributed by atoms with Crippen molar-refractivity contribution in [3.8, 4) is 11.4 Å². The lowest BCUT2D eigenvalue weighted by Crippen LogP contribution is -2.44. The molecular formula is C17H21N7O2S. The molecule has 1 aliphatic rings. The van der Waals surface area contributed by atoms with E-state index < -0.39 is 9.73 Å². The number of fused-ring (bicyclic) bond motifs is 1. The molecule has 1 fully saturated rings. The number of aromatic nitrogens is 5. The van der Waals surface area contributed by atoms with Gasteiger partial charge in [-0.15, -0.1) is 0 Å². The lowest BCUT2D eigenvalue weighted by Gasteiger charge is -2.34. The zero-order chi connectivity index (χ0) is 19.0. The number of nitrogens with zero attached hydrogens (tertiary/aromatic N) is 6. The summed E-state index contributed by atoms with van der Waals surface area (Å²) in [6.45, 7) is 4.07. The molecule has 1 saturated heterocycles. The molecule has 1 aliphatic heterocycles. The highest BCUT2D eigenvalue weighted by Crippen LogP contribution is 2.29. The highest BCUT2D eigenvalue weighted by Gasteiger charge is 2.22. The normalized spacial score (nSPS) is 18.0. The van der Waals surface area contributed by atoms with Crippen LogP contribution in [0.2, 0.25) is 0 Å². The first-order valence-corrected chi connectivity index (χ1v) is 10.9. The van der Waals surface area contributed by atoms with Crippen LogP contribution >= 0.6 is 0 Å². The van der Waals surface area contributed by atoms with Crippen LogP contribution in [0, 0.1) is 0 Å². The van der Waals surface area contributed by atoms with Gasteiger partial charge in [-0.1, -0.05) is 0 Å². The van der Waals surface area contributed by atoms with Crippen molar-refractivity contribution >= 4 is 32.4 Å². The molecule has 0 radical (unpaired) electrons. The van der Waals surface area contributed by atoms with E-state index in [4.69, 9.17) is 9.72 Å². The Kier molecular flexibility index (Phi) is 4.52. The zero-order valence-electron chi connectivity index (χ0n) is 15.4. The topological polar surface area (TPSA) is 109 Å². The second kappa shape index (κ2) is 6.86. The molecule has 1 atom stereocenters. The monoisotopic (exact) mass is 387 g/mol. The van der Waals surface area contributed by atoms with E-state index in [-0.39, 0.29) is 6.04 Å². The van der Waals surface area contributed by atoms with E-state index in [1.165, 1.54) is 0 Å². The minimum Gasteiger partial charge on any atom is -0.377 e. The SMILES string of the molecule is CC1COCCN1c1cc(N=S(C)(C)=O)nc(-c2ccnc3[nH]ncc23)n1. The molecule has 3 aromatic rings. The lowest BCUT2D eigenvalue weighted by molar-refractivity contribution is 0.0985. The maximum absolute atomic E-state index is 12.2. The Hall–Kier alpha value is -2.59. The average molecular weight is 387 g/mol. The van der Waals surface area contributed by atoms with Crippen LogP contribution in [-0.4, -0.2) is 67.7 Å². The third-order valence-electron chi connectivity index (χ3n) is 4.27. The van der Waals surface area contributed by atoms with E-state index in [1.54, 1.807) is 31.0 Å². The van der Waals surface area contributed by atoms with Crippen molar-refractivity contribution in [1.82, 2.24) is 25.1 Å². The fourth-order valence-electron chi connectivity index (χ4n) is 3.08. The van der Waals surface area contributed by atoms with Gasteiger partial charge < -0.3 is 9.64 Å². The van der Waals surface area contributed by atoms with E-state index in [2.05, 4.69) is 36.4 Å². The molecule has 0 amide bonds. The Morgan fingerprint density at radius 2 is 2.22 bits per heavy atom. The van der Waals surface area contributed by atoms with Crippen LogP contribution in [-0.2, 0) is 14.5 Å². The van der Waals surface area contributed by atoms with Gasteiger partial charge in [0, 0.05) is 52.0 Å². The number of pyridine rings is 1. The fraction of sp³-hybridized carbons (Fsp3) is 0.412. The molecule has 27 heavy (non-hydrogen) atoms. The number of nitrogens with one attached hydrogen (secondary N) is 1. The minimum atomic E-state index is -2.36. The second-order valence-electron chi connectivity index (χ2n) is 6.79. The molecular weight excluding hydrogens is 366 g/mol. The maximum atomic E-state index is 12.2. The molecule has 9 nitrogen and oxygen atoms in total. The predicted molar refractivity (Wildman–Crippen MR) is 105 cm³/mol. The molecule has 3 aromatic heterocycles. The first-order valence-electron chi connectivity index (χ1n) is 8.60. The number of ether oxygens (including phenoxy) is 1. The van der Waals surface area contributed by atoms with Gasteiger partial charge in [0.2, 0.25) is 0 Å². The number of aromatic amines is 1. The van der Waals surface area contributed by atoms with Crippen molar-refractivity contribution < 1.29 is 8.95 Å². The summed E-state index contributed by atoms with van der Waals surface area (Å²) < 4.78 is 22.1. The summed E-state index contributed by atoms with van der Waals surface area (Å²) in [6.07, 6.45) is 6.56. The first kappa shape index (κ1) is 17.8. The van der Waals surface area contributed by atoms with E-state index in [0.717, 1.165) is 23.3 Å². The zero-order valence-corrected chi connectivity index (χ0v) is 16.2. The molecule has 10 heteroatoms. The predicted octanol–water partition coefficient (Wildman–Crippen LogP) is 2.00. The molecule has 4 heterocycles. The Labute approximate surface area is 157 Å². The van der Waals surface area contributed by atoms with Crippen LogP contribution in [0.15, 0.2) is 28.9 Å². The molecule has 1 unspecified atom stereocenters. The summed E-state index contributed by atoms with van der Waals surface area (Å²) >= 11 is 0. The number of hydrogen-bond acceptors (Lipinski definition) is 8. The first-order chi connectivity index (χ1) is 12.9. The Morgan fingerprint density at radius 3 is 3.00 bits per heavy atom. The molecule has 4 rings (SSSR count). The summed E-state index contributed by atoms with van der Waals surface area (Å²) in [7, 11) is -2.36. The van der Waals surface area contributed by atoms with Gasteiger partial charge in [-0.25, -0.2) is 19.2 Å². The van der Waals surface area contributed by atoms with Crippen LogP contribution in [0.5, 0.6) is 0 Å². The molecule has 0 aromatic carbocycles. The van der Waals surface area contributed by atoms with Gasteiger partial charge in [-0.3, -0.25) is 5.10 Å². The van der Waals surface area contributed by atoms with E-state index in [1.807, 2.05) is 6.07 Å².